The largest absolute Gasteiger partial charge is 0.435 e. The molecule has 1 amide bonds. The van der Waals surface area contributed by atoms with Crippen LogP contribution in [0.2, 0.25) is 5.28 Å². The van der Waals surface area contributed by atoms with E-state index in [0.29, 0.717) is 24.9 Å². The first-order valence-corrected chi connectivity index (χ1v) is 13.5. The lowest BCUT2D eigenvalue weighted by atomic mass is 9.98. The van der Waals surface area contributed by atoms with E-state index in [-0.39, 0.29) is 28.9 Å². The second-order valence-electron chi connectivity index (χ2n) is 8.97. The topological polar surface area (TPSA) is 114 Å². The first kappa shape index (κ1) is 26.6. The summed E-state index contributed by atoms with van der Waals surface area (Å²) in [4.78, 5) is 21.8. The van der Waals surface area contributed by atoms with E-state index < -0.39 is 52.3 Å². The zero-order valence-corrected chi connectivity index (χ0v) is 21.0. The number of rotatable bonds is 7. The Bertz CT molecular complexity index is 1260. The summed E-state index contributed by atoms with van der Waals surface area (Å²) in [6, 6.07) is 0.212. The Morgan fingerprint density at radius 2 is 2.14 bits per heavy atom. The molecule has 2 aliphatic rings. The number of sulfonamides is 1. The van der Waals surface area contributed by atoms with Crippen molar-refractivity contribution in [3.8, 4) is 11.6 Å². The van der Waals surface area contributed by atoms with Crippen LogP contribution >= 0.6 is 11.6 Å². The standard InChI is InChI=1S/C22H25ClF3N5O4S/c1-12-10-28-21(23)29-19(12)35-16-7-3-5-13(17(16)24)9-15-18(30-36(2,33)34)22(25,26)11-31(15)20(32)14-6-4-8-27-14/h3,5,7,10,14-15,18,27,30H,4,6,8-9,11H2,1-2H3/t14-,15-,18+/m0/s1. The van der Waals surface area contributed by atoms with Crippen molar-refractivity contribution in [1.82, 2.24) is 24.9 Å². The van der Waals surface area contributed by atoms with Gasteiger partial charge < -0.3 is 15.0 Å². The highest BCUT2D eigenvalue weighted by Gasteiger charge is 2.57. The predicted octanol–water partition coefficient (Wildman–Crippen LogP) is 2.43. The SMILES string of the molecule is Cc1cnc(Cl)nc1Oc1cccc(C[C@H]2[C@@H](NS(C)(=O)=O)C(F)(F)CN2C(=O)[C@@H]2CCCN2)c1F. The Hall–Kier alpha value is -2.48. The van der Waals surface area contributed by atoms with E-state index in [4.69, 9.17) is 16.3 Å². The zero-order chi connectivity index (χ0) is 26.3. The number of ether oxygens (including phenoxy) is 1. The number of carbonyl (C=O) groups is 1. The second-order valence-corrected chi connectivity index (χ2v) is 11.1. The summed E-state index contributed by atoms with van der Waals surface area (Å²) >= 11 is 5.80. The minimum atomic E-state index is -4.07. The lowest BCUT2D eigenvalue weighted by Gasteiger charge is -2.30. The van der Waals surface area contributed by atoms with Gasteiger partial charge in [-0.1, -0.05) is 12.1 Å². The minimum absolute atomic E-state index is 0.0131. The third-order valence-corrected chi connectivity index (χ3v) is 7.04. The van der Waals surface area contributed by atoms with E-state index >= 15 is 13.2 Å². The van der Waals surface area contributed by atoms with Gasteiger partial charge in [0.2, 0.25) is 27.1 Å². The van der Waals surface area contributed by atoms with Crippen LogP contribution in [0.4, 0.5) is 13.2 Å². The molecule has 36 heavy (non-hydrogen) atoms. The molecule has 1 aromatic carbocycles. The van der Waals surface area contributed by atoms with Crippen LogP contribution in [0.1, 0.15) is 24.0 Å². The third-order valence-electron chi connectivity index (χ3n) is 6.18. The number of nitrogens with one attached hydrogen (secondary N) is 2. The Kier molecular flexibility index (Phi) is 7.47. The average Bonchev–Trinajstić information content (AvgIpc) is 3.40. The Morgan fingerprint density at radius 1 is 1.39 bits per heavy atom. The number of hydrogen-bond donors (Lipinski definition) is 2. The molecule has 9 nitrogen and oxygen atoms in total. The maximum absolute atomic E-state index is 15.5. The number of aryl methyl sites for hydroxylation is 1. The average molecular weight is 548 g/mol. The van der Waals surface area contributed by atoms with Gasteiger partial charge in [0.1, 0.15) is 6.04 Å². The Labute approximate surface area is 211 Å². The summed E-state index contributed by atoms with van der Waals surface area (Å²) in [5.41, 5.74) is 0.448. The second kappa shape index (κ2) is 10.1. The van der Waals surface area contributed by atoms with Gasteiger partial charge in [-0.15, -0.1) is 0 Å². The molecular weight excluding hydrogens is 523 g/mol. The molecule has 2 fully saturated rings. The number of carbonyl (C=O) groups excluding carboxylic acids is 1. The van der Waals surface area contributed by atoms with Crippen LogP contribution in [0.3, 0.4) is 0 Å². The molecule has 196 valence electrons. The fourth-order valence-electron chi connectivity index (χ4n) is 4.50. The van der Waals surface area contributed by atoms with Crippen molar-refractivity contribution in [1.29, 1.82) is 0 Å². The van der Waals surface area contributed by atoms with Crippen LogP contribution in [0.25, 0.3) is 0 Å². The van der Waals surface area contributed by atoms with Crippen LogP contribution in [0.5, 0.6) is 11.6 Å². The van der Waals surface area contributed by atoms with E-state index in [1.54, 1.807) is 6.92 Å². The molecule has 4 rings (SSSR count). The number of halogens is 4. The van der Waals surface area contributed by atoms with Crippen molar-refractivity contribution in [3.63, 3.8) is 0 Å². The van der Waals surface area contributed by atoms with Gasteiger partial charge >= 0.3 is 0 Å². The van der Waals surface area contributed by atoms with Gasteiger partial charge in [-0.05, 0) is 56.0 Å². The summed E-state index contributed by atoms with van der Waals surface area (Å²) in [7, 11) is -4.07. The van der Waals surface area contributed by atoms with Crippen LogP contribution in [0.15, 0.2) is 24.4 Å². The van der Waals surface area contributed by atoms with Gasteiger partial charge in [0, 0.05) is 11.8 Å². The lowest BCUT2D eigenvalue weighted by molar-refractivity contribution is -0.135. The van der Waals surface area contributed by atoms with Crippen LogP contribution < -0.4 is 14.8 Å². The van der Waals surface area contributed by atoms with Gasteiger partial charge in [0.15, 0.2) is 11.6 Å². The molecular formula is C22H25ClF3N5O4S. The summed E-state index contributed by atoms with van der Waals surface area (Å²) in [5, 5.41) is 2.87. The highest BCUT2D eigenvalue weighted by molar-refractivity contribution is 7.88. The first-order valence-electron chi connectivity index (χ1n) is 11.2. The van der Waals surface area contributed by atoms with E-state index in [1.165, 1.54) is 24.4 Å². The molecule has 0 aliphatic carbocycles. The smallest absolute Gasteiger partial charge is 0.283 e. The van der Waals surface area contributed by atoms with E-state index in [9.17, 15) is 13.2 Å². The molecule has 1 aromatic heterocycles. The quantitative estimate of drug-likeness (QED) is 0.512. The fraction of sp³-hybridized carbons (Fsp3) is 0.500. The summed E-state index contributed by atoms with van der Waals surface area (Å²) < 4.78 is 77.0. The molecule has 0 bridgehead atoms. The molecule has 0 radical (unpaired) electrons. The predicted molar refractivity (Wildman–Crippen MR) is 125 cm³/mol. The first-order chi connectivity index (χ1) is 16.9. The van der Waals surface area contributed by atoms with E-state index in [1.807, 2.05) is 4.72 Å². The number of hydrogen-bond acceptors (Lipinski definition) is 7. The lowest BCUT2D eigenvalue weighted by Crippen LogP contribution is -2.53. The van der Waals surface area contributed by atoms with Crippen molar-refractivity contribution in [2.75, 3.05) is 19.3 Å². The van der Waals surface area contributed by atoms with Crippen molar-refractivity contribution in [3.05, 3.63) is 46.6 Å². The molecule has 3 atom stereocenters. The molecule has 0 saturated carbocycles. The molecule has 2 aromatic rings. The molecule has 0 unspecified atom stereocenters. The highest BCUT2D eigenvalue weighted by Crippen LogP contribution is 2.37. The normalized spacial score (nSPS) is 23.7. The number of amides is 1. The molecule has 2 aliphatic heterocycles. The third kappa shape index (κ3) is 5.74. The van der Waals surface area contributed by atoms with Crippen molar-refractivity contribution in [2.45, 2.75) is 50.2 Å². The summed E-state index contributed by atoms with van der Waals surface area (Å²) in [5.74, 6) is -5.22. The molecule has 14 heteroatoms. The monoisotopic (exact) mass is 547 g/mol. The zero-order valence-electron chi connectivity index (χ0n) is 19.5. The molecule has 2 saturated heterocycles. The highest BCUT2D eigenvalue weighted by atomic mass is 35.5. The Morgan fingerprint density at radius 3 is 2.81 bits per heavy atom. The van der Waals surface area contributed by atoms with Crippen molar-refractivity contribution >= 4 is 27.5 Å². The van der Waals surface area contributed by atoms with Crippen molar-refractivity contribution < 1.29 is 31.1 Å². The minimum Gasteiger partial charge on any atom is -0.435 e. The maximum atomic E-state index is 15.5. The van der Waals surface area contributed by atoms with Crippen LogP contribution in [-0.2, 0) is 21.2 Å². The number of likely N-dealkylation sites (tertiary alicyclic amines) is 1. The summed E-state index contributed by atoms with van der Waals surface area (Å²) in [6.45, 7) is 1.21. The molecule has 3 heterocycles. The van der Waals surface area contributed by atoms with Crippen molar-refractivity contribution in [2.24, 2.45) is 0 Å². The fourth-order valence-corrected chi connectivity index (χ4v) is 5.41. The molecule has 0 spiro atoms. The van der Waals surface area contributed by atoms with E-state index in [0.717, 1.165) is 11.2 Å². The van der Waals surface area contributed by atoms with Gasteiger partial charge in [-0.3, -0.25) is 4.79 Å². The van der Waals surface area contributed by atoms with Crippen LogP contribution in [0, 0.1) is 12.7 Å². The molecule has 2 N–H and O–H groups in total. The number of alkyl halides is 2. The summed E-state index contributed by atoms with van der Waals surface area (Å²) in [6.07, 6.45) is 2.95. The van der Waals surface area contributed by atoms with Gasteiger partial charge in [0.25, 0.3) is 5.92 Å². The van der Waals surface area contributed by atoms with Gasteiger partial charge in [-0.25, -0.2) is 31.3 Å². The van der Waals surface area contributed by atoms with Gasteiger partial charge in [0.05, 0.1) is 24.9 Å². The number of nitrogens with zero attached hydrogens (tertiary/aromatic N) is 3. The number of aromatic nitrogens is 2. The van der Waals surface area contributed by atoms with Gasteiger partial charge in [-0.2, -0.15) is 4.98 Å². The maximum Gasteiger partial charge on any atom is 0.283 e. The number of benzene rings is 1. The Balaban J connectivity index is 1.67. The van der Waals surface area contributed by atoms with Crippen LogP contribution in [-0.4, -0.2) is 72.6 Å². The van der Waals surface area contributed by atoms with E-state index in [2.05, 4.69) is 15.3 Å².